The molecular weight excluding hydrogens is 220 g/mol. The highest BCUT2D eigenvalue weighted by atomic mass is 32.2. The van der Waals surface area contributed by atoms with E-state index in [-0.39, 0.29) is 11.4 Å². The van der Waals surface area contributed by atoms with Gasteiger partial charge in [0, 0.05) is 5.56 Å². The van der Waals surface area contributed by atoms with Gasteiger partial charge in [-0.15, -0.1) is 0 Å². The monoisotopic (exact) mass is 228 g/mol. The zero-order valence-electron chi connectivity index (χ0n) is 7.84. The molecule has 80 valence electrons. The Morgan fingerprint density at radius 1 is 1.40 bits per heavy atom. The highest BCUT2D eigenvalue weighted by Crippen LogP contribution is 2.44. The molecule has 0 radical (unpaired) electrons. The summed E-state index contributed by atoms with van der Waals surface area (Å²) in [5.41, 5.74) is -0.721. The van der Waals surface area contributed by atoms with Crippen molar-refractivity contribution < 1.29 is 22.7 Å². The summed E-state index contributed by atoms with van der Waals surface area (Å²) in [7, 11) is -2.00. The molecule has 0 bridgehead atoms. The van der Waals surface area contributed by atoms with E-state index in [2.05, 4.69) is 4.74 Å². The Hall–Kier alpha value is -1.56. The van der Waals surface area contributed by atoms with Gasteiger partial charge >= 0.3 is 0 Å². The van der Waals surface area contributed by atoms with Crippen LogP contribution in [0.5, 0.6) is 5.75 Å². The van der Waals surface area contributed by atoms with Gasteiger partial charge in [-0.2, -0.15) is 0 Å². The van der Waals surface area contributed by atoms with Crippen molar-refractivity contribution in [2.45, 2.75) is 10.3 Å². The molecule has 1 unspecified atom stereocenters. The van der Waals surface area contributed by atoms with Crippen LogP contribution in [0, 0.1) is 0 Å². The van der Waals surface area contributed by atoms with E-state index in [1.54, 1.807) is 12.1 Å². The van der Waals surface area contributed by atoms with E-state index in [4.69, 9.17) is 4.74 Å². The molecule has 0 aromatic heterocycles. The van der Waals surface area contributed by atoms with E-state index < -0.39 is 15.3 Å². The molecule has 1 aromatic rings. The number of carbonyl (C=O) groups excluding carboxylic acids is 1. The van der Waals surface area contributed by atoms with Crippen LogP contribution in [0.15, 0.2) is 23.1 Å². The Balaban J connectivity index is 2.50. The van der Waals surface area contributed by atoms with Crippen LogP contribution >= 0.6 is 0 Å². The van der Waals surface area contributed by atoms with Gasteiger partial charge in [-0.3, -0.25) is 4.79 Å². The minimum atomic E-state index is -3.48. The quantitative estimate of drug-likeness (QED) is 0.710. The lowest BCUT2D eigenvalue weighted by atomic mass is 10.2. The van der Waals surface area contributed by atoms with Crippen LogP contribution < -0.4 is 4.74 Å². The first-order valence-electron chi connectivity index (χ1n) is 4.12. The predicted octanol–water partition coefficient (Wildman–Crippen LogP) is 0.654. The van der Waals surface area contributed by atoms with Gasteiger partial charge in [0.15, 0.2) is 0 Å². The largest absolute Gasteiger partial charge is 0.497 e. The first-order valence-corrected chi connectivity index (χ1v) is 5.67. The van der Waals surface area contributed by atoms with Crippen molar-refractivity contribution in [3.05, 3.63) is 23.8 Å². The standard InChI is InChI=1S/C9H8O5S/c1-13-6-2-3-8-7(4-6)9(14-5-10)15(8,11)12/h2-5,9H,1H3. The molecule has 0 saturated carbocycles. The summed E-state index contributed by atoms with van der Waals surface area (Å²) < 4.78 is 32.4. The molecule has 0 saturated heterocycles. The minimum Gasteiger partial charge on any atom is -0.497 e. The number of sulfone groups is 1. The van der Waals surface area contributed by atoms with Gasteiger partial charge in [0.25, 0.3) is 6.47 Å². The average molecular weight is 228 g/mol. The van der Waals surface area contributed by atoms with E-state index in [0.29, 0.717) is 11.3 Å². The van der Waals surface area contributed by atoms with E-state index in [1.807, 2.05) is 0 Å². The van der Waals surface area contributed by atoms with Crippen LogP contribution in [0.4, 0.5) is 0 Å². The zero-order valence-corrected chi connectivity index (χ0v) is 8.65. The normalized spacial score (nSPS) is 21.0. The van der Waals surface area contributed by atoms with Crippen molar-refractivity contribution in [3.8, 4) is 5.75 Å². The minimum absolute atomic E-state index is 0.130. The molecule has 6 heteroatoms. The maximum atomic E-state index is 11.5. The molecule has 0 N–H and O–H groups in total. The highest BCUT2D eigenvalue weighted by Gasteiger charge is 2.44. The first-order chi connectivity index (χ1) is 7.11. The van der Waals surface area contributed by atoms with Gasteiger partial charge < -0.3 is 9.47 Å². The maximum absolute atomic E-state index is 11.5. The third-order valence-corrected chi connectivity index (χ3v) is 4.15. The Bertz CT molecular complexity index is 505. The van der Waals surface area contributed by atoms with Gasteiger partial charge in [-0.25, -0.2) is 8.42 Å². The van der Waals surface area contributed by atoms with Crippen LogP contribution in [-0.4, -0.2) is 22.0 Å². The lowest BCUT2D eigenvalue weighted by Gasteiger charge is -2.28. The number of hydrogen-bond donors (Lipinski definition) is 0. The number of hydrogen-bond acceptors (Lipinski definition) is 5. The summed E-state index contributed by atoms with van der Waals surface area (Å²) in [6.07, 6.45) is 0. The number of ether oxygens (including phenoxy) is 2. The fourth-order valence-electron chi connectivity index (χ4n) is 1.52. The summed E-state index contributed by atoms with van der Waals surface area (Å²) in [6.45, 7) is 0.130. The van der Waals surface area contributed by atoms with E-state index in [9.17, 15) is 13.2 Å². The summed E-state index contributed by atoms with van der Waals surface area (Å²) >= 11 is 0. The van der Waals surface area contributed by atoms with Gasteiger partial charge in [-0.1, -0.05) is 0 Å². The second-order valence-corrected chi connectivity index (χ2v) is 4.97. The summed E-state index contributed by atoms with van der Waals surface area (Å²) in [5, 5.41) is 0. The molecule has 1 heterocycles. The second-order valence-electron chi connectivity index (χ2n) is 3.01. The number of methoxy groups -OCH3 is 1. The Kier molecular flexibility index (Phi) is 2.15. The Labute approximate surface area is 86.5 Å². The van der Waals surface area contributed by atoms with Crippen LogP contribution in [0.3, 0.4) is 0 Å². The van der Waals surface area contributed by atoms with Gasteiger partial charge in [0.2, 0.25) is 15.3 Å². The summed E-state index contributed by atoms with van der Waals surface area (Å²) in [6, 6.07) is 4.53. The average Bonchev–Trinajstić information content (AvgIpc) is 2.25. The molecular formula is C9H8O5S. The third-order valence-electron chi connectivity index (χ3n) is 2.24. The molecule has 0 amide bonds. The van der Waals surface area contributed by atoms with E-state index >= 15 is 0 Å². The van der Waals surface area contributed by atoms with Gasteiger partial charge in [0.05, 0.1) is 12.0 Å². The van der Waals surface area contributed by atoms with Gasteiger partial charge in [-0.05, 0) is 18.2 Å². The van der Waals surface area contributed by atoms with Crippen LogP contribution in [0.2, 0.25) is 0 Å². The predicted molar refractivity (Wildman–Crippen MR) is 50.1 cm³/mol. The lowest BCUT2D eigenvalue weighted by molar-refractivity contribution is -0.131. The first kappa shape index (κ1) is 9.97. The molecule has 1 aliphatic rings. The summed E-state index contributed by atoms with van der Waals surface area (Å²) in [5.74, 6) is 0.531. The molecule has 2 rings (SSSR count). The van der Waals surface area contributed by atoms with Crippen molar-refractivity contribution in [2.75, 3.05) is 7.11 Å². The number of fused-ring (bicyclic) bond motifs is 1. The third kappa shape index (κ3) is 1.29. The molecule has 1 aromatic carbocycles. The molecule has 0 spiro atoms. The SMILES string of the molecule is COc1ccc2c(c1)C(OC=O)S2(=O)=O. The second kappa shape index (κ2) is 3.23. The van der Waals surface area contributed by atoms with Crippen molar-refractivity contribution >= 4 is 16.3 Å². The molecule has 1 aliphatic heterocycles. The Morgan fingerprint density at radius 2 is 2.13 bits per heavy atom. The van der Waals surface area contributed by atoms with Gasteiger partial charge in [0.1, 0.15) is 5.75 Å². The maximum Gasteiger partial charge on any atom is 0.294 e. The van der Waals surface area contributed by atoms with Crippen LogP contribution in [0.25, 0.3) is 0 Å². The molecule has 0 aliphatic carbocycles. The van der Waals surface area contributed by atoms with Crippen molar-refractivity contribution in [2.24, 2.45) is 0 Å². The zero-order chi connectivity index (χ0) is 11.1. The van der Waals surface area contributed by atoms with Crippen molar-refractivity contribution in [3.63, 3.8) is 0 Å². The fraction of sp³-hybridized carbons (Fsp3) is 0.222. The number of rotatable bonds is 3. The molecule has 0 fully saturated rings. The lowest BCUT2D eigenvalue weighted by Crippen LogP contribution is -2.28. The van der Waals surface area contributed by atoms with Crippen LogP contribution in [-0.2, 0) is 19.4 Å². The summed E-state index contributed by atoms with van der Waals surface area (Å²) in [4.78, 5) is 10.3. The van der Waals surface area contributed by atoms with Crippen LogP contribution in [0.1, 0.15) is 11.0 Å². The van der Waals surface area contributed by atoms with E-state index in [1.165, 1.54) is 13.2 Å². The van der Waals surface area contributed by atoms with E-state index in [0.717, 1.165) is 0 Å². The van der Waals surface area contributed by atoms with Crippen molar-refractivity contribution in [1.29, 1.82) is 0 Å². The highest BCUT2D eigenvalue weighted by molar-refractivity contribution is 7.93. The molecule has 5 nitrogen and oxygen atoms in total. The fourth-order valence-corrected chi connectivity index (χ4v) is 3.04. The number of carbonyl (C=O) groups is 1. The smallest absolute Gasteiger partial charge is 0.294 e. The molecule has 15 heavy (non-hydrogen) atoms. The Morgan fingerprint density at radius 3 is 2.73 bits per heavy atom. The number of benzene rings is 1. The topological polar surface area (TPSA) is 69.7 Å². The van der Waals surface area contributed by atoms with Crippen molar-refractivity contribution in [1.82, 2.24) is 0 Å². The molecule has 1 atom stereocenters.